The van der Waals surface area contributed by atoms with Gasteiger partial charge >= 0.3 is 0 Å². The van der Waals surface area contributed by atoms with Crippen LogP contribution in [-0.4, -0.2) is 69.9 Å². The van der Waals surface area contributed by atoms with Crippen LogP contribution in [0.2, 0.25) is 0 Å². The zero-order valence-electron chi connectivity index (χ0n) is 15.9. The van der Waals surface area contributed by atoms with Crippen molar-refractivity contribution in [2.45, 2.75) is 27.3 Å². The van der Waals surface area contributed by atoms with Crippen LogP contribution in [0, 0.1) is 12.3 Å². The van der Waals surface area contributed by atoms with Crippen molar-refractivity contribution in [1.29, 1.82) is 0 Å². The van der Waals surface area contributed by atoms with Crippen LogP contribution in [0.1, 0.15) is 19.4 Å². The van der Waals surface area contributed by atoms with Gasteiger partial charge in [-0.25, -0.2) is 0 Å². The summed E-state index contributed by atoms with van der Waals surface area (Å²) < 4.78 is 1.70. The van der Waals surface area contributed by atoms with Crippen molar-refractivity contribution in [3.63, 3.8) is 0 Å². The molecule has 2 aromatic rings. The van der Waals surface area contributed by atoms with E-state index < -0.39 is 0 Å². The van der Waals surface area contributed by atoms with Crippen molar-refractivity contribution >= 4 is 22.5 Å². The maximum Gasteiger partial charge on any atom is 0.244 e. The second kappa shape index (κ2) is 7.25. The minimum Gasteiger partial charge on any atom is -0.398 e. The highest BCUT2D eigenvalue weighted by molar-refractivity contribution is 5.84. The summed E-state index contributed by atoms with van der Waals surface area (Å²) in [6, 6.07) is 3.85. The van der Waals surface area contributed by atoms with Crippen molar-refractivity contribution in [2.24, 2.45) is 5.41 Å². The summed E-state index contributed by atoms with van der Waals surface area (Å²) in [6.07, 6.45) is 1.88. The van der Waals surface area contributed by atoms with Crippen LogP contribution in [0.3, 0.4) is 0 Å². The maximum atomic E-state index is 12.6. The third kappa shape index (κ3) is 4.16. The van der Waals surface area contributed by atoms with Crippen LogP contribution in [0.15, 0.2) is 18.3 Å². The number of rotatable bonds is 5. The Balaban J connectivity index is 1.58. The summed E-state index contributed by atoms with van der Waals surface area (Å²) in [6.45, 7) is 10.4. The molecule has 0 saturated carbocycles. The van der Waals surface area contributed by atoms with E-state index in [1.54, 1.807) is 4.68 Å². The minimum absolute atomic E-state index is 0.0866. The largest absolute Gasteiger partial charge is 0.398 e. The number of nitrogens with zero attached hydrogens (tertiary/aromatic N) is 4. The van der Waals surface area contributed by atoms with Crippen LogP contribution in [-0.2, 0) is 11.3 Å². The molecule has 2 heterocycles. The maximum absolute atomic E-state index is 12.6. The zero-order valence-corrected chi connectivity index (χ0v) is 15.9. The molecule has 3 rings (SSSR count). The molecule has 0 radical (unpaired) electrons. The number of piperazine rings is 1. The zero-order chi connectivity index (χ0) is 18.9. The fraction of sp³-hybridized carbons (Fsp3) is 0.579. The third-order valence-corrected chi connectivity index (χ3v) is 5.04. The average Bonchev–Trinajstić information content (AvgIpc) is 2.96. The van der Waals surface area contributed by atoms with E-state index in [0.29, 0.717) is 13.1 Å². The molecule has 1 aromatic heterocycles. The van der Waals surface area contributed by atoms with Gasteiger partial charge in [0, 0.05) is 62.0 Å². The predicted molar refractivity (Wildman–Crippen MR) is 103 cm³/mol. The van der Waals surface area contributed by atoms with Crippen LogP contribution < -0.4 is 5.73 Å². The van der Waals surface area contributed by atoms with Gasteiger partial charge < -0.3 is 15.7 Å². The lowest BCUT2D eigenvalue weighted by Crippen LogP contribution is -2.51. The van der Waals surface area contributed by atoms with E-state index in [9.17, 15) is 9.90 Å². The summed E-state index contributed by atoms with van der Waals surface area (Å²) in [5, 5.41) is 14.9. The number of aliphatic hydroxyl groups excluding tert-OH is 1. The van der Waals surface area contributed by atoms with Gasteiger partial charge in [0.05, 0.1) is 5.52 Å². The molecular weight excluding hydrogens is 330 g/mol. The average molecular weight is 359 g/mol. The summed E-state index contributed by atoms with van der Waals surface area (Å²) >= 11 is 0. The van der Waals surface area contributed by atoms with Crippen molar-refractivity contribution in [1.82, 2.24) is 19.6 Å². The molecule has 0 bridgehead atoms. The highest BCUT2D eigenvalue weighted by Crippen LogP contribution is 2.20. The molecule has 1 aliphatic heterocycles. The molecule has 26 heavy (non-hydrogen) atoms. The first-order chi connectivity index (χ1) is 12.3. The summed E-state index contributed by atoms with van der Waals surface area (Å²) in [7, 11) is 0. The van der Waals surface area contributed by atoms with Gasteiger partial charge in [-0.3, -0.25) is 14.4 Å². The highest BCUT2D eigenvalue weighted by atomic mass is 16.3. The molecule has 1 aliphatic rings. The quantitative estimate of drug-likeness (QED) is 0.781. The van der Waals surface area contributed by atoms with E-state index >= 15 is 0 Å². The molecule has 1 fully saturated rings. The number of hydrogen-bond donors (Lipinski definition) is 2. The number of fused-ring (bicyclic) bond motifs is 1. The first kappa shape index (κ1) is 18.7. The van der Waals surface area contributed by atoms with Gasteiger partial charge in [-0.2, -0.15) is 5.10 Å². The van der Waals surface area contributed by atoms with E-state index in [2.05, 4.69) is 23.8 Å². The lowest BCUT2D eigenvalue weighted by molar-refractivity contribution is -0.134. The van der Waals surface area contributed by atoms with Crippen molar-refractivity contribution in [3.8, 4) is 0 Å². The number of anilines is 1. The van der Waals surface area contributed by atoms with Crippen LogP contribution in [0.25, 0.3) is 10.9 Å². The number of benzene rings is 1. The van der Waals surface area contributed by atoms with Gasteiger partial charge in [-0.1, -0.05) is 13.8 Å². The van der Waals surface area contributed by atoms with Gasteiger partial charge in [0.2, 0.25) is 5.91 Å². The molecule has 0 aliphatic carbocycles. The normalized spacial score (nSPS) is 16.4. The van der Waals surface area contributed by atoms with Gasteiger partial charge in [0.25, 0.3) is 0 Å². The van der Waals surface area contributed by atoms with Crippen molar-refractivity contribution < 1.29 is 9.90 Å². The molecule has 142 valence electrons. The minimum atomic E-state index is -0.110. The monoisotopic (exact) mass is 359 g/mol. The molecule has 7 heteroatoms. The van der Waals surface area contributed by atoms with Crippen LogP contribution in [0.5, 0.6) is 0 Å². The summed E-state index contributed by atoms with van der Waals surface area (Å²) in [5.41, 5.74) is 8.44. The summed E-state index contributed by atoms with van der Waals surface area (Å²) in [5.74, 6) is 0.0866. The standard InChI is InChI=1S/C19H29N5O2/c1-14-8-17-15(9-16(14)20)10-24(21-17)11-18(26)23-6-4-22(5-7-23)12-19(2,3)13-25/h8-10,25H,4-7,11-13,20H2,1-3H3. The van der Waals surface area contributed by atoms with Gasteiger partial charge in [0.1, 0.15) is 6.54 Å². The molecule has 1 amide bonds. The van der Waals surface area contributed by atoms with E-state index in [4.69, 9.17) is 5.73 Å². The smallest absolute Gasteiger partial charge is 0.244 e. The third-order valence-electron chi connectivity index (χ3n) is 5.04. The second-order valence-corrected chi connectivity index (χ2v) is 8.07. The Morgan fingerprint density at radius 2 is 1.96 bits per heavy atom. The van der Waals surface area contributed by atoms with E-state index in [1.165, 1.54) is 0 Å². The fourth-order valence-electron chi connectivity index (χ4n) is 3.38. The van der Waals surface area contributed by atoms with Crippen molar-refractivity contribution in [2.75, 3.05) is 45.1 Å². The Morgan fingerprint density at radius 3 is 2.62 bits per heavy atom. The van der Waals surface area contributed by atoms with E-state index in [0.717, 1.165) is 41.8 Å². The van der Waals surface area contributed by atoms with Crippen LogP contribution in [0.4, 0.5) is 5.69 Å². The van der Waals surface area contributed by atoms with Crippen molar-refractivity contribution in [3.05, 3.63) is 23.9 Å². The molecular formula is C19H29N5O2. The van der Waals surface area contributed by atoms with E-state index in [1.807, 2.05) is 30.2 Å². The Morgan fingerprint density at radius 1 is 1.27 bits per heavy atom. The fourth-order valence-corrected chi connectivity index (χ4v) is 3.38. The van der Waals surface area contributed by atoms with E-state index in [-0.39, 0.29) is 24.5 Å². The molecule has 3 N–H and O–H groups in total. The molecule has 0 atom stereocenters. The SMILES string of the molecule is Cc1cc2nn(CC(=O)N3CCN(CC(C)(C)CO)CC3)cc2cc1N. The highest BCUT2D eigenvalue weighted by Gasteiger charge is 2.26. The van der Waals surface area contributed by atoms with Gasteiger partial charge in [-0.05, 0) is 24.6 Å². The molecule has 0 spiro atoms. The Labute approximate surface area is 154 Å². The Bertz CT molecular complexity index is 752. The number of aliphatic hydroxyl groups is 1. The lowest BCUT2D eigenvalue weighted by atomic mass is 9.94. The topological polar surface area (TPSA) is 87.6 Å². The molecule has 7 nitrogen and oxygen atoms in total. The number of amides is 1. The lowest BCUT2D eigenvalue weighted by Gasteiger charge is -2.38. The number of carbonyl (C=O) groups excluding carboxylic acids is 1. The number of aromatic nitrogens is 2. The van der Waals surface area contributed by atoms with Crippen LogP contribution >= 0.6 is 0 Å². The Kier molecular flexibility index (Phi) is 5.20. The second-order valence-electron chi connectivity index (χ2n) is 8.07. The number of carbonyl (C=O) groups is 1. The van der Waals surface area contributed by atoms with Gasteiger partial charge in [-0.15, -0.1) is 0 Å². The van der Waals surface area contributed by atoms with Gasteiger partial charge in [0.15, 0.2) is 0 Å². The molecule has 1 aromatic carbocycles. The number of hydrogen-bond acceptors (Lipinski definition) is 5. The predicted octanol–water partition coefficient (Wildman–Crippen LogP) is 1.09. The number of nitrogens with two attached hydrogens (primary N) is 1. The molecule has 1 saturated heterocycles. The first-order valence-electron chi connectivity index (χ1n) is 9.12. The number of nitrogen functional groups attached to an aromatic ring is 1. The molecule has 0 unspecified atom stereocenters. The summed E-state index contributed by atoms with van der Waals surface area (Å²) in [4.78, 5) is 16.8. The first-order valence-corrected chi connectivity index (χ1v) is 9.12. The number of aryl methyl sites for hydroxylation is 1. The Hall–Kier alpha value is -2.12.